The summed E-state index contributed by atoms with van der Waals surface area (Å²) in [5.74, 6) is -1.38. The number of halogens is 2. The molecule has 0 saturated carbocycles. The molecule has 0 aliphatic carbocycles. The minimum absolute atomic E-state index is 0.0507. The van der Waals surface area contributed by atoms with Crippen molar-refractivity contribution in [3.63, 3.8) is 0 Å². The van der Waals surface area contributed by atoms with Crippen molar-refractivity contribution < 1.29 is 23.1 Å². The lowest BCUT2D eigenvalue weighted by Gasteiger charge is -2.32. The Balaban J connectivity index is 1.51. The van der Waals surface area contributed by atoms with E-state index < -0.39 is 22.2 Å². The highest BCUT2D eigenvalue weighted by atomic mass is 35.5. The molecule has 2 heterocycles. The van der Waals surface area contributed by atoms with E-state index in [-0.39, 0.29) is 28.0 Å². The molecular weight excluding hydrogens is 585 g/mol. The zero-order chi connectivity index (χ0) is 29.3. The van der Waals surface area contributed by atoms with Gasteiger partial charge in [-0.25, -0.2) is 13.1 Å². The molecule has 212 valence electrons. The average molecular weight is 613 g/mol. The number of benzene rings is 3. The number of aliphatic carboxylic acids is 1. The third kappa shape index (κ3) is 6.17. The van der Waals surface area contributed by atoms with Crippen LogP contribution in [0.2, 0.25) is 10.0 Å². The standard InChI is InChI=1S/C30H27Cl2N3O5S/c1-41(39,40)23-6-4-5-21(17-23)19-13-15-34(16-14-19)30(38)28-24(18-27(36)37)29(20-9-11-22(31)12-10-20)35(33-28)26-8-3-2-7-25(26)32/h2-12,17,19H,13-16,18H2,1H3,(H,36,37). The number of hydrogen-bond acceptors (Lipinski definition) is 5. The van der Waals surface area contributed by atoms with Crippen molar-refractivity contribution in [3.05, 3.63) is 99.7 Å². The maximum Gasteiger partial charge on any atom is 0.307 e. The first-order valence-corrected chi connectivity index (χ1v) is 15.6. The second kappa shape index (κ2) is 11.7. The topological polar surface area (TPSA) is 110 Å². The molecule has 1 saturated heterocycles. The molecule has 8 nitrogen and oxygen atoms in total. The molecular formula is C30H27Cl2N3O5S. The number of piperidine rings is 1. The molecule has 4 aromatic rings. The summed E-state index contributed by atoms with van der Waals surface area (Å²) in [6.07, 6.45) is 2.02. The fourth-order valence-corrected chi connectivity index (χ4v) is 6.23. The highest BCUT2D eigenvalue weighted by Crippen LogP contribution is 2.35. The molecule has 0 atom stereocenters. The maximum atomic E-state index is 13.9. The largest absolute Gasteiger partial charge is 0.481 e. The first-order chi connectivity index (χ1) is 19.5. The van der Waals surface area contributed by atoms with E-state index in [4.69, 9.17) is 23.2 Å². The minimum Gasteiger partial charge on any atom is -0.481 e. The highest BCUT2D eigenvalue weighted by Gasteiger charge is 2.32. The van der Waals surface area contributed by atoms with Gasteiger partial charge in [-0.3, -0.25) is 9.59 Å². The molecule has 41 heavy (non-hydrogen) atoms. The number of para-hydroxylation sites is 1. The van der Waals surface area contributed by atoms with Gasteiger partial charge in [0.2, 0.25) is 0 Å². The lowest BCUT2D eigenvalue weighted by Crippen LogP contribution is -2.38. The molecule has 5 rings (SSSR count). The third-order valence-electron chi connectivity index (χ3n) is 7.25. The molecule has 3 aromatic carbocycles. The van der Waals surface area contributed by atoms with Crippen molar-refractivity contribution in [1.82, 2.24) is 14.7 Å². The summed E-state index contributed by atoms with van der Waals surface area (Å²) in [7, 11) is -3.33. The predicted octanol–water partition coefficient (Wildman–Crippen LogP) is 5.90. The molecule has 0 spiro atoms. The molecule has 0 radical (unpaired) electrons. The van der Waals surface area contributed by atoms with Gasteiger partial charge >= 0.3 is 5.97 Å². The van der Waals surface area contributed by atoms with Crippen LogP contribution in [0.5, 0.6) is 0 Å². The molecule has 1 aliphatic heterocycles. The molecule has 0 bridgehead atoms. The summed E-state index contributed by atoms with van der Waals surface area (Å²) in [6, 6.07) is 20.8. The van der Waals surface area contributed by atoms with Crippen molar-refractivity contribution >= 4 is 44.9 Å². The van der Waals surface area contributed by atoms with Gasteiger partial charge in [0.25, 0.3) is 5.91 Å². The van der Waals surface area contributed by atoms with Crippen molar-refractivity contribution in [2.75, 3.05) is 19.3 Å². The van der Waals surface area contributed by atoms with E-state index in [0.717, 1.165) is 5.56 Å². The second-order valence-corrected chi connectivity index (χ2v) is 12.9. The van der Waals surface area contributed by atoms with Crippen LogP contribution < -0.4 is 0 Å². The number of hydrogen-bond donors (Lipinski definition) is 1. The van der Waals surface area contributed by atoms with Gasteiger partial charge in [-0.15, -0.1) is 0 Å². The summed E-state index contributed by atoms with van der Waals surface area (Å²) >= 11 is 12.6. The van der Waals surface area contributed by atoms with E-state index in [9.17, 15) is 23.1 Å². The van der Waals surface area contributed by atoms with Crippen molar-refractivity contribution in [1.29, 1.82) is 0 Å². The zero-order valence-electron chi connectivity index (χ0n) is 22.1. The second-order valence-electron chi connectivity index (χ2n) is 10.0. The molecule has 1 aromatic heterocycles. The van der Waals surface area contributed by atoms with Gasteiger partial charge in [0.1, 0.15) is 0 Å². The van der Waals surface area contributed by atoms with Gasteiger partial charge in [0, 0.05) is 35.5 Å². The molecule has 1 N–H and O–H groups in total. The van der Waals surface area contributed by atoms with Crippen molar-refractivity contribution in [3.8, 4) is 16.9 Å². The van der Waals surface area contributed by atoms with Crippen LogP contribution >= 0.6 is 23.2 Å². The normalized spacial score (nSPS) is 14.3. The number of aromatic nitrogens is 2. The number of likely N-dealkylation sites (tertiary alicyclic amines) is 1. The van der Waals surface area contributed by atoms with Crippen LogP contribution in [-0.2, 0) is 21.1 Å². The minimum atomic E-state index is -3.33. The van der Waals surface area contributed by atoms with Crippen molar-refractivity contribution in [2.24, 2.45) is 0 Å². The average Bonchev–Trinajstić information content (AvgIpc) is 3.31. The molecule has 1 amide bonds. The Hall–Kier alpha value is -3.66. The lowest BCUT2D eigenvalue weighted by atomic mass is 9.89. The van der Waals surface area contributed by atoms with E-state index in [0.29, 0.717) is 52.9 Å². The SMILES string of the molecule is CS(=O)(=O)c1cccc(C2CCN(C(=O)c3nn(-c4ccccc4Cl)c(-c4ccc(Cl)cc4)c3CC(=O)O)CC2)c1. The Labute approximate surface area is 248 Å². The Morgan fingerprint density at radius 1 is 0.976 bits per heavy atom. The number of carboxylic acids is 1. The predicted molar refractivity (Wildman–Crippen MR) is 158 cm³/mol. The summed E-state index contributed by atoms with van der Waals surface area (Å²) in [5.41, 5.74) is 2.85. The summed E-state index contributed by atoms with van der Waals surface area (Å²) in [4.78, 5) is 27.9. The highest BCUT2D eigenvalue weighted by molar-refractivity contribution is 7.90. The van der Waals surface area contributed by atoms with E-state index in [1.54, 1.807) is 71.6 Å². The van der Waals surface area contributed by atoms with Gasteiger partial charge in [-0.2, -0.15) is 5.10 Å². The van der Waals surface area contributed by atoms with Gasteiger partial charge in [-0.05, 0) is 60.7 Å². The van der Waals surface area contributed by atoms with Crippen LogP contribution in [0.1, 0.15) is 40.4 Å². The van der Waals surface area contributed by atoms with Crippen LogP contribution in [0.25, 0.3) is 16.9 Å². The summed E-state index contributed by atoms with van der Waals surface area (Å²) < 4.78 is 25.6. The number of sulfone groups is 1. The smallest absolute Gasteiger partial charge is 0.307 e. The van der Waals surface area contributed by atoms with Crippen LogP contribution in [0.3, 0.4) is 0 Å². The van der Waals surface area contributed by atoms with Gasteiger partial charge < -0.3 is 10.0 Å². The van der Waals surface area contributed by atoms with E-state index in [2.05, 4.69) is 5.10 Å². The fourth-order valence-electron chi connectivity index (χ4n) is 5.21. The number of carbonyl (C=O) groups is 2. The van der Waals surface area contributed by atoms with E-state index in [1.807, 2.05) is 6.07 Å². The first-order valence-electron chi connectivity index (χ1n) is 13.0. The number of nitrogens with zero attached hydrogens (tertiary/aromatic N) is 3. The Kier molecular flexibility index (Phi) is 8.22. The number of carboxylic acid groups (broad SMARTS) is 1. The monoisotopic (exact) mass is 611 g/mol. The molecule has 11 heteroatoms. The van der Waals surface area contributed by atoms with Crippen LogP contribution in [-0.4, -0.2) is 59.4 Å². The van der Waals surface area contributed by atoms with Crippen LogP contribution in [0.4, 0.5) is 0 Å². The maximum absolute atomic E-state index is 13.9. The Bertz CT molecular complexity index is 1730. The lowest BCUT2D eigenvalue weighted by molar-refractivity contribution is -0.136. The first kappa shape index (κ1) is 28.9. The van der Waals surface area contributed by atoms with Gasteiger partial charge in [0.15, 0.2) is 15.5 Å². The fraction of sp³-hybridized carbons (Fsp3) is 0.233. The quantitative estimate of drug-likeness (QED) is 0.279. The van der Waals surface area contributed by atoms with Crippen LogP contribution in [0, 0.1) is 0 Å². The zero-order valence-corrected chi connectivity index (χ0v) is 24.5. The third-order valence-corrected chi connectivity index (χ3v) is 8.93. The van der Waals surface area contributed by atoms with E-state index in [1.165, 1.54) is 10.9 Å². The van der Waals surface area contributed by atoms with Gasteiger partial charge in [0.05, 0.1) is 27.7 Å². The number of carbonyl (C=O) groups excluding carboxylic acids is 1. The van der Waals surface area contributed by atoms with Crippen LogP contribution in [0.15, 0.2) is 77.7 Å². The molecule has 0 unspecified atom stereocenters. The summed E-state index contributed by atoms with van der Waals surface area (Å²) in [6.45, 7) is 0.822. The Morgan fingerprint density at radius 2 is 1.66 bits per heavy atom. The van der Waals surface area contributed by atoms with Gasteiger partial charge in [-0.1, -0.05) is 59.6 Å². The van der Waals surface area contributed by atoms with E-state index >= 15 is 0 Å². The molecule has 1 fully saturated rings. The number of amides is 1. The Morgan fingerprint density at radius 3 is 2.29 bits per heavy atom. The summed E-state index contributed by atoms with van der Waals surface area (Å²) in [5, 5.41) is 15.4. The number of rotatable bonds is 7. The van der Waals surface area contributed by atoms with Crippen molar-refractivity contribution in [2.45, 2.75) is 30.1 Å². The molecule has 1 aliphatic rings.